The Balaban J connectivity index is 1.59. The average Bonchev–Trinajstić information content (AvgIpc) is 2.67. The first-order chi connectivity index (χ1) is 10.5. The van der Waals surface area contributed by atoms with Crippen LogP contribution in [0.15, 0.2) is 0 Å². The van der Waals surface area contributed by atoms with E-state index in [9.17, 15) is 4.79 Å². The number of hydrogen-bond acceptors (Lipinski definition) is 4. The molecule has 1 N–H and O–H groups in total. The molecule has 2 saturated heterocycles. The molecule has 0 aromatic carbocycles. The first-order valence-corrected chi connectivity index (χ1v) is 8.11. The second-order valence-corrected chi connectivity index (χ2v) is 6.59. The fourth-order valence-electron chi connectivity index (χ4n) is 3.33. The zero-order valence-electron chi connectivity index (χ0n) is 13.8. The van der Waals surface area contributed by atoms with Gasteiger partial charge in [0.25, 0.3) is 0 Å². The van der Waals surface area contributed by atoms with Crippen molar-refractivity contribution in [3.8, 4) is 0 Å². The van der Waals surface area contributed by atoms with Crippen molar-refractivity contribution in [3.05, 3.63) is 17.2 Å². The van der Waals surface area contributed by atoms with Crippen LogP contribution in [-0.4, -0.2) is 52.2 Å². The van der Waals surface area contributed by atoms with Crippen molar-refractivity contribution >= 4 is 5.91 Å². The molecule has 0 aliphatic carbocycles. The molecule has 0 radical (unpaired) electrons. The monoisotopic (exact) mass is 306 g/mol. The normalized spacial score (nSPS) is 22.6. The standard InChI is InChI=1S/C16H26N4O2/c1-12-13(2)19(3)14(18-12)10-20-7-5-16(6-8-20)11-17-15(21)4-9-22-16/h4-11H2,1-3H3,(H,17,21). The molecule has 3 rings (SSSR count). The summed E-state index contributed by atoms with van der Waals surface area (Å²) in [7, 11) is 2.08. The molecular weight excluding hydrogens is 280 g/mol. The average molecular weight is 306 g/mol. The number of likely N-dealkylation sites (tertiary alicyclic amines) is 1. The van der Waals surface area contributed by atoms with E-state index in [1.54, 1.807) is 0 Å². The number of amides is 1. The molecule has 122 valence electrons. The molecule has 1 amide bonds. The SMILES string of the molecule is Cc1nc(CN2CCC3(CC2)CNC(=O)CCO3)n(C)c1C. The van der Waals surface area contributed by atoms with Gasteiger partial charge in [-0.2, -0.15) is 0 Å². The van der Waals surface area contributed by atoms with Crippen LogP contribution in [0.4, 0.5) is 0 Å². The summed E-state index contributed by atoms with van der Waals surface area (Å²) >= 11 is 0. The van der Waals surface area contributed by atoms with Gasteiger partial charge in [-0.05, 0) is 26.7 Å². The van der Waals surface area contributed by atoms with Crippen molar-refractivity contribution in [1.82, 2.24) is 19.8 Å². The summed E-state index contributed by atoms with van der Waals surface area (Å²) in [6.07, 6.45) is 2.42. The quantitative estimate of drug-likeness (QED) is 0.882. The molecule has 0 atom stereocenters. The highest BCUT2D eigenvalue weighted by atomic mass is 16.5. The number of nitrogens with zero attached hydrogens (tertiary/aromatic N) is 3. The molecule has 2 aliphatic heterocycles. The number of aromatic nitrogens is 2. The van der Waals surface area contributed by atoms with Gasteiger partial charge < -0.3 is 14.6 Å². The van der Waals surface area contributed by atoms with Gasteiger partial charge in [-0.25, -0.2) is 4.98 Å². The Labute approximate surface area is 131 Å². The minimum absolute atomic E-state index is 0.110. The van der Waals surface area contributed by atoms with E-state index in [1.165, 1.54) is 5.69 Å². The molecule has 0 unspecified atom stereocenters. The van der Waals surface area contributed by atoms with Crippen molar-refractivity contribution in [2.75, 3.05) is 26.2 Å². The zero-order valence-corrected chi connectivity index (χ0v) is 13.8. The van der Waals surface area contributed by atoms with Gasteiger partial charge in [-0.3, -0.25) is 9.69 Å². The minimum Gasteiger partial charge on any atom is -0.373 e. The number of piperidine rings is 1. The lowest BCUT2D eigenvalue weighted by molar-refractivity contribution is -0.120. The number of carbonyl (C=O) groups is 1. The van der Waals surface area contributed by atoms with Crippen molar-refractivity contribution in [3.63, 3.8) is 0 Å². The van der Waals surface area contributed by atoms with Gasteiger partial charge in [0.2, 0.25) is 5.91 Å². The van der Waals surface area contributed by atoms with Crippen molar-refractivity contribution in [2.45, 2.75) is 45.3 Å². The third kappa shape index (κ3) is 3.03. The molecule has 3 heterocycles. The molecule has 6 heteroatoms. The summed E-state index contributed by atoms with van der Waals surface area (Å²) in [5, 5.41) is 2.99. The first-order valence-electron chi connectivity index (χ1n) is 8.11. The molecule has 6 nitrogen and oxygen atoms in total. The Kier molecular flexibility index (Phi) is 4.23. The second-order valence-electron chi connectivity index (χ2n) is 6.59. The van der Waals surface area contributed by atoms with Crippen LogP contribution in [0.2, 0.25) is 0 Å². The number of carbonyl (C=O) groups excluding carboxylic acids is 1. The Morgan fingerprint density at radius 1 is 1.32 bits per heavy atom. The van der Waals surface area contributed by atoms with Gasteiger partial charge in [-0.1, -0.05) is 0 Å². The van der Waals surface area contributed by atoms with E-state index >= 15 is 0 Å². The molecule has 0 bridgehead atoms. The number of aryl methyl sites for hydroxylation is 1. The van der Waals surface area contributed by atoms with E-state index in [4.69, 9.17) is 4.74 Å². The van der Waals surface area contributed by atoms with Gasteiger partial charge in [-0.15, -0.1) is 0 Å². The first kappa shape index (κ1) is 15.5. The lowest BCUT2D eigenvalue weighted by Gasteiger charge is -2.40. The van der Waals surface area contributed by atoms with Crippen molar-refractivity contribution in [1.29, 1.82) is 0 Å². The van der Waals surface area contributed by atoms with E-state index in [0.29, 0.717) is 19.6 Å². The highest BCUT2D eigenvalue weighted by molar-refractivity contribution is 5.76. The van der Waals surface area contributed by atoms with E-state index in [1.807, 2.05) is 0 Å². The minimum atomic E-state index is -0.157. The summed E-state index contributed by atoms with van der Waals surface area (Å²) in [6.45, 7) is 8.23. The van der Waals surface area contributed by atoms with E-state index < -0.39 is 0 Å². The number of nitrogens with one attached hydrogen (secondary N) is 1. The van der Waals surface area contributed by atoms with Crippen LogP contribution in [0.1, 0.15) is 36.5 Å². The maximum atomic E-state index is 11.5. The number of rotatable bonds is 2. The lowest BCUT2D eigenvalue weighted by Crippen LogP contribution is -2.50. The third-order valence-corrected chi connectivity index (χ3v) is 5.19. The van der Waals surface area contributed by atoms with Gasteiger partial charge in [0.15, 0.2) is 0 Å². The number of hydrogen-bond donors (Lipinski definition) is 1. The van der Waals surface area contributed by atoms with Gasteiger partial charge in [0.1, 0.15) is 5.82 Å². The molecule has 2 fully saturated rings. The Morgan fingerprint density at radius 2 is 2.05 bits per heavy atom. The second kappa shape index (κ2) is 6.01. The largest absolute Gasteiger partial charge is 0.373 e. The van der Waals surface area contributed by atoms with Crippen LogP contribution in [0.5, 0.6) is 0 Å². The van der Waals surface area contributed by atoms with Crippen LogP contribution < -0.4 is 5.32 Å². The zero-order chi connectivity index (χ0) is 15.7. The smallest absolute Gasteiger partial charge is 0.222 e. The molecule has 1 aromatic rings. The maximum Gasteiger partial charge on any atom is 0.222 e. The highest BCUT2D eigenvalue weighted by Crippen LogP contribution is 2.28. The molecule has 0 saturated carbocycles. The highest BCUT2D eigenvalue weighted by Gasteiger charge is 2.37. The Morgan fingerprint density at radius 3 is 2.68 bits per heavy atom. The molecule has 1 aromatic heterocycles. The third-order valence-electron chi connectivity index (χ3n) is 5.19. The number of imidazole rings is 1. The predicted molar refractivity (Wildman–Crippen MR) is 83.5 cm³/mol. The summed E-state index contributed by atoms with van der Waals surface area (Å²) in [6, 6.07) is 0. The lowest BCUT2D eigenvalue weighted by atomic mass is 9.91. The Bertz CT molecular complexity index is 559. The van der Waals surface area contributed by atoms with Crippen LogP contribution in [0.25, 0.3) is 0 Å². The maximum absolute atomic E-state index is 11.5. The fourth-order valence-corrected chi connectivity index (χ4v) is 3.33. The molecule has 22 heavy (non-hydrogen) atoms. The van der Waals surface area contributed by atoms with Gasteiger partial charge in [0, 0.05) is 38.8 Å². The van der Waals surface area contributed by atoms with E-state index in [-0.39, 0.29) is 11.5 Å². The number of ether oxygens (including phenoxy) is 1. The van der Waals surface area contributed by atoms with Crippen molar-refractivity contribution < 1.29 is 9.53 Å². The van der Waals surface area contributed by atoms with Crippen molar-refractivity contribution in [2.24, 2.45) is 7.05 Å². The topological polar surface area (TPSA) is 59.4 Å². The fraction of sp³-hybridized carbons (Fsp3) is 0.750. The predicted octanol–water partition coefficient (Wildman–Crippen LogP) is 0.908. The van der Waals surface area contributed by atoms with E-state index in [2.05, 4.69) is 40.7 Å². The van der Waals surface area contributed by atoms with Crippen LogP contribution in [0.3, 0.4) is 0 Å². The van der Waals surface area contributed by atoms with Crippen LogP contribution in [0, 0.1) is 13.8 Å². The summed E-state index contributed by atoms with van der Waals surface area (Å²) in [5.74, 6) is 1.24. The van der Waals surface area contributed by atoms with Crippen LogP contribution in [-0.2, 0) is 23.1 Å². The van der Waals surface area contributed by atoms with E-state index in [0.717, 1.165) is 44.0 Å². The molecule has 2 aliphatic rings. The Hall–Kier alpha value is -1.40. The summed E-state index contributed by atoms with van der Waals surface area (Å²) in [4.78, 5) is 18.6. The van der Waals surface area contributed by atoms with Gasteiger partial charge in [0.05, 0.1) is 24.4 Å². The summed E-state index contributed by atoms with van der Waals surface area (Å²) < 4.78 is 8.20. The summed E-state index contributed by atoms with van der Waals surface area (Å²) in [5.41, 5.74) is 2.19. The molecular formula is C16H26N4O2. The molecule has 1 spiro atoms. The van der Waals surface area contributed by atoms with Crippen LogP contribution >= 0.6 is 0 Å². The van der Waals surface area contributed by atoms with Gasteiger partial charge >= 0.3 is 0 Å².